The number of carbonyl (C=O) groups is 1. The van der Waals surface area contributed by atoms with E-state index >= 15 is 0 Å². The van der Waals surface area contributed by atoms with Crippen molar-refractivity contribution < 1.29 is 13.9 Å². The van der Waals surface area contributed by atoms with E-state index in [2.05, 4.69) is 52.8 Å². The predicted molar refractivity (Wildman–Crippen MR) is 139 cm³/mol. The van der Waals surface area contributed by atoms with E-state index in [9.17, 15) is 9.18 Å². The third kappa shape index (κ3) is 5.10. The summed E-state index contributed by atoms with van der Waals surface area (Å²) in [6.45, 7) is 6.64. The zero-order chi connectivity index (χ0) is 24.4. The average Bonchev–Trinajstić information content (AvgIpc) is 2.86. The lowest BCUT2D eigenvalue weighted by Gasteiger charge is -2.30. The van der Waals surface area contributed by atoms with Gasteiger partial charge in [-0.25, -0.2) is 14.2 Å². The number of hydrogen-bond donors (Lipinski definition) is 2. The molecule has 7 heteroatoms. The minimum Gasteiger partial charge on any atom is -0.378 e. The second kappa shape index (κ2) is 9.72. The fourth-order valence-electron chi connectivity index (χ4n) is 4.19. The van der Waals surface area contributed by atoms with Crippen LogP contribution in [0.4, 0.5) is 26.2 Å². The number of carbonyl (C=O) groups excluding carboxylic acids is 1. The van der Waals surface area contributed by atoms with Gasteiger partial charge in [-0.15, -0.1) is 0 Å². The van der Waals surface area contributed by atoms with Crippen LogP contribution in [-0.4, -0.2) is 37.3 Å². The Morgan fingerprint density at radius 1 is 0.914 bits per heavy atom. The molecule has 1 fully saturated rings. The summed E-state index contributed by atoms with van der Waals surface area (Å²) in [4.78, 5) is 19.8. The highest BCUT2D eigenvalue weighted by atomic mass is 19.1. The van der Waals surface area contributed by atoms with Gasteiger partial charge in [-0.1, -0.05) is 35.9 Å². The Balaban J connectivity index is 1.47. The Morgan fingerprint density at radius 2 is 1.60 bits per heavy atom. The fourth-order valence-corrected chi connectivity index (χ4v) is 4.19. The second-order valence-corrected chi connectivity index (χ2v) is 8.77. The summed E-state index contributed by atoms with van der Waals surface area (Å²) in [6, 6.07) is 20.3. The van der Waals surface area contributed by atoms with Crippen LogP contribution >= 0.6 is 0 Å². The van der Waals surface area contributed by atoms with Crippen LogP contribution in [-0.2, 0) is 4.74 Å². The zero-order valence-electron chi connectivity index (χ0n) is 19.8. The minimum absolute atomic E-state index is 0.362. The maximum atomic E-state index is 13.8. The molecule has 35 heavy (non-hydrogen) atoms. The molecule has 1 aliphatic heterocycles. The molecule has 2 N–H and O–H groups in total. The quantitative estimate of drug-likeness (QED) is 0.376. The van der Waals surface area contributed by atoms with Crippen LogP contribution in [0, 0.1) is 19.7 Å². The number of halogens is 1. The number of fused-ring (bicyclic) bond motifs is 1. The number of anilines is 3. The number of ether oxygens (including phenoxy) is 1. The van der Waals surface area contributed by atoms with Crippen molar-refractivity contribution in [1.82, 2.24) is 4.98 Å². The van der Waals surface area contributed by atoms with Crippen molar-refractivity contribution in [3.8, 4) is 11.3 Å². The highest BCUT2D eigenvalue weighted by molar-refractivity contribution is 6.03. The summed E-state index contributed by atoms with van der Waals surface area (Å²) in [5.74, 6) is -0.362. The van der Waals surface area contributed by atoms with E-state index in [1.807, 2.05) is 18.2 Å². The topological polar surface area (TPSA) is 66.5 Å². The largest absolute Gasteiger partial charge is 0.378 e. The first kappa shape index (κ1) is 22.8. The van der Waals surface area contributed by atoms with Crippen LogP contribution in [0.5, 0.6) is 0 Å². The van der Waals surface area contributed by atoms with Crippen LogP contribution < -0.4 is 15.5 Å². The van der Waals surface area contributed by atoms with Gasteiger partial charge in [0.2, 0.25) is 0 Å². The number of amides is 2. The Morgan fingerprint density at radius 3 is 2.31 bits per heavy atom. The number of aromatic nitrogens is 1. The SMILES string of the molecule is Cc1ccc(-c2cc(N3CCOCC3)c3cc(NC(=O)Nc4ccc(C)c(F)c4)ccc3n2)cc1. The number of nitrogens with zero attached hydrogens (tertiary/aromatic N) is 2. The molecule has 2 heterocycles. The molecule has 6 nitrogen and oxygen atoms in total. The molecule has 4 aromatic rings. The fraction of sp³-hybridized carbons (Fsp3) is 0.214. The first-order valence-electron chi connectivity index (χ1n) is 11.6. The Hall–Kier alpha value is -3.97. The number of hydrogen-bond acceptors (Lipinski definition) is 4. The molecule has 178 valence electrons. The van der Waals surface area contributed by atoms with E-state index in [0.29, 0.717) is 30.2 Å². The van der Waals surface area contributed by atoms with Gasteiger partial charge >= 0.3 is 6.03 Å². The number of pyridine rings is 1. The normalized spacial score (nSPS) is 13.6. The van der Waals surface area contributed by atoms with Gasteiger partial charge in [0, 0.05) is 41.1 Å². The lowest BCUT2D eigenvalue weighted by Crippen LogP contribution is -2.36. The van der Waals surface area contributed by atoms with Gasteiger partial charge in [-0.05, 0) is 55.8 Å². The molecule has 0 spiro atoms. The summed E-state index contributed by atoms with van der Waals surface area (Å²) in [5, 5.41) is 6.49. The molecule has 1 saturated heterocycles. The van der Waals surface area contributed by atoms with E-state index in [0.717, 1.165) is 40.9 Å². The van der Waals surface area contributed by atoms with E-state index in [4.69, 9.17) is 9.72 Å². The number of rotatable bonds is 4. The maximum Gasteiger partial charge on any atom is 0.323 e. The molecule has 2 amide bonds. The first-order valence-corrected chi connectivity index (χ1v) is 11.6. The third-order valence-corrected chi connectivity index (χ3v) is 6.17. The Kier molecular flexibility index (Phi) is 6.33. The van der Waals surface area contributed by atoms with Gasteiger partial charge in [-0.3, -0.25) is 0 Å². The standard InChI is InChI=1S/C28H27FN4O2/c1-18-3-6-20(7-4-18)26-17-27(33-11-13-35-14-12-33)23-15-21(9-10-25(23)32-26)30-28(34)31-22-8-5-19(2)24(29)16-22/h3-10,15-17H,11-14H2,1-2H3,(H2,30,31,34). The molecule has 0 aliphatic carbocycles. The number of aryl methyl sites for hydroxylation is 2. The van der Waals surface area contributed by atoms with Crippen molar-refractivity contribution >= 4 is 34.0 Å². The molecule has 0 bridgehead atoms. The molecular weight excluding hydrogens is 443 g/mol. The minimum atomic E-state index is -0.440. The molecule has 1 aromatic heterocycles. The van der Waals surface area contributed by atoms with Crippen molar-refractivity contribution in [2.45, 2.75) is 13.8 Å². The van der Waals surface area contributed by atoms with E-state index in [1.165, 1.54) is 11.6 Å². The molecule has 0 radical (unpaired) electrons. The molecule has 0 atom stereocenters. The highest BCUT2D eigenvalue weighted by Gasteiger charge is 2.17. The molecular formula is C28H27FN4O2. The number of urea groups is 1. The number of morpholine rings is 1. The lowest BCUT2D eigenvalue weighted by molar-refractivity contribution is 0.123. The van der Waals surface area contributed by atoms with Crippen molar-refractivity contribution in [2.24, 2.45) is 0 Å². The smallest absolute Gasteiger partial charge is 0.323 e. The molecule has 0 saturated carbocycles. The third-order valence-electron chi connectivity index (χ3n) is 6.17. The van der Waals surface area contributed by atoms with Gasteiger partial charge < -0.3 is 20.3 Å². The molecule has 3 aromatic carbocycles. The van der Waals surface area contributed by atoms with Crippen molar-refractivity contribution in [2.75, 3.05) is 41.8 Å². The van der Waals surface area contributed by atoms with Crippen molar-refractivity contribution in [3.05, 3.63) is 83.7 Å². The number of benzene rings is 3. The Bertz CT molecular complexity index is 1380. The van der Waals surface area contributed by atoms with Crippen molar-refractivity contribution in [3.63, 3.8) is 0 Å². The summed E-state index contributed by atoms with van der Waals surface area (Å²) in [6.07, 6.45) is 0. The zero-order valence-corrected chi connectivity index (χ0v) is 19.8. The van der Waals surface area contributed by atoms with Gasteiger partial charge in [0.25, 0.3) is 0 Å². The van der Waals surface area contributed by atoms with Crippen LogP contribution in [0.25, 0.3) is 22.2 Å². The van der Waals surface area contributed by atoms with Gasteiger partial charge in [0.1, 0.15) is 5.82 Å². The highest BCUT2D eigenvalue weighted by Crippen LogP contribution is 2.33. The summed E-state index contributed by atoms with van der Waals surface area (Å²) in [5.41, 5.74) is 6.60. The predicted octanol–water partition coefficient (Wildman–Crippen LogP) is 6.14. The van der Waals surface area contributed by atoms with Crippen LogP contribution in [0.3, 0.4) is 0 Å². The summed E-state index contributed by atoms with van der Waals surface area (Å²) >= 11 is 0. The molecule has 5 rings (SSSR count). The van der Waals surface area contributed by atoms with Gasteiger partial charge in [-0.2, -0.15) is 0 Å². The van der Waals surface area contributed by atoms with Crippen molar-refractivity contribution in [1.29, 1.82) is 0 Å². The maximum absolute atomic E-state index is 13.8. The Labute approximate surface area is 203 Å². The first-order chi connectivity index (χ1) is 17.0. The van der Waals surface area contributed by atoms with Crippen LogP contribution in [0.2, 0.25) is 0 Å². The summed E-state index contributed by atoms with van der Waals surface area (Å²) < 4.78 is 19.4. The van der Waals surface area contributed by atoms with Gasteiger partial charge in [0.15, 0.2) is 0 Å². The van der Waals surface area contributed by atoms with Crippen LogP contribution in [0.15, 0.2) is 66.7 Å². The monoisotopic (exact) mass is 470 g/mol. The summed E-state index contributed by atoms with van der Waals surface area (Å²) in [7, 11) is 0. The number of nitrogens with one attached hydrogen (secondary N) is 2. The van der Waals surface area contributed by atoms with E-state index < -0.39 is 6.03 Å². The van der Waals surface area contributed by atoms with E-state index in [-0.39, 0.29) is 5.82 Å². The lowest BCUT2D eigenvalue weighted by atomic mass is 10.0. The van der Waals surface area contributed by atoms with Crippen LogP contribution in [0.1, 0.15) is 11.1 Å². The molecule has 1 aliphatic rings. The average molecular weight is 471 g/mol. The second-order valence-electron chi connectivity index (χ2n) is 8.77. The molecule has 0 unspecified atom stereocenters. The van der Waals surface area contributed by atoms with Gasteiger partial charge in [0.05, 0.1) is 24.4 Å². The van der Waals surface area contributed by atoms with E-state index in [1.54, 1.807) is 19.1 Å².